The third-order valence-electron chi connectivity index (χ3n) is 2.93. The van der Waals surface area contributed by atoms with Gasteiger partial charge in [-0.1, -0.05) is 18.5 Å². The number of nitrogens with zero attached hydrogens (tertiary/aromatic N) is 1. The van der Waals surface area contributed by atoms with Crippen molar-refractivity contribution in [1.82, 2.24) is 10.6 Å². The van der Waals surface area contributed by atoms with E-state index < -0.39 is 9.84 Å². The molecular weight excluding hydrogens is 354 g/mol. The van der Waals surface area contributed by atoms with Gasteiger partial charge in [-0.15, -0.1) is 11.8 Å². The Balaban J connectivity index is 2.36. The Bertz CT molecular complexity index is 589. The van der Waals surface area contributed by atoms with Gasteiger partial charge in [-0.2, -0.15) is 0 Å². The molecule has 0 amide bonds. The summed E-state index contributed by atoms with van der Waals surface area (Å²) in [6.07, 6.45) is 0. The molecule has 0 aliphatic rings. The third-order valence-corrected chi connectivity index (χ3v) is 5.88. The zero-order valence-corrected chi connectivity index (χ0v) is 15.9. The van der Waals surface area contributed by atoms with Crippen LogP contribution in [0.4, 0.5) is 0 Å². The van der Waals surface area contributed by atoms with Crippen LogP contribution in [-0.2, 0) is 9.84 Å². The van der Waals surface area contributed by atoms with Gasteiger partial charge in [0.1, 0.15) is 0 Å². The topological polar surface area (TPSA) is 70.6 Å². The number of guanidine groups is 1. The maximum atomic E-state index is 11.5. The first-order valence-electron chi connectivity index (χ1n) is 7.57. The molecule has 0 heterocycles. The fourth-order valence-corrected chi connectivity index (χ4v) is 3.20. The van der Waals surface area contributed by atoms with Gasteiger partial charge in [0.05, 0.1) is 12.3 Å². The van der Waals surface area contributed by atoms with Gasteiger partial charge in [0.25, 0.3) is 0 Å². The van der Waals surface area contributed by atoms with Crippen molar-refractivity contribution < 1.29 is 8.42 Å². The second kappa shape index (κ2) is 10.8. The zero-order valence-electron chi connectivity index (χ0n) is 13.5. The summed E-state index contributed by atoms with van der Waals surface area (Å²) in [4.78, 5) is 5.45. The molecule has 130 valence electrons. The number of sulfone groups is 1. The Morgan fingerprint density at radius 2 is 1.91 bits per heavy atom. The Morgan fingerprint density at radius 1 is 1.22 bits per heavy atom. The van der Waals surface area contributed by atoms with E-state index in [-0.39, 0.29) is 18.1 Å². The summed E-state index contributed by atoms with van der Waals surface area (Å²) in [6.45, 7) is 5.37. The second-order valence-electron chi connectivity index (χ2n) is 4.73. The van der Waals surface area contributed by atoms with Gasteiger partial charge in [0, 0.05) is 34.5 Å². The van der Waals surface area contributed by atoms with Crippen LogP contribution in [-0.4, -0.2) is 51.3 Å². The van der Waals surface area contributed by atoms with E-state index in [1.54, 1.807) is 18.7 Å². The Morgan fingerprint density at radius 3 is 2.52 bits per heavy atom. The van der Waals surface area contributed by atoms with Crippen molar-refractivity contribution in [2.24, 2.45) is 4.99 Å². The lowest BCUT2D eigenvalue weighted by atomic mass is 10.4. The van der Waals surface area contributed by atoms with Crippen LogP contribution in [0.3, 0.4) is 0 Å². The molecule has 5 nitrogen and oxygen atoms in total. The van der Waals surface area contributed by atoms with Crippen molar-refractivity contribution in [3.8, 4) is 0 Å². The number of rotatable bonds is 9. The first-order valence-corrected chi connectivity index (χ1v) is 10.8. The average molecular weight is 378 g/mol. The van der Waals surface area contributed by atoms with Crippen molar-refractivity contribution >= 4 is 39.2 Å². The summed E-state index contributed by atoms with van der Waals surface area (Å²) < 4.78 is 22.9. The van der Waals surface area contributed by atoms with Crippen LogP contribution in [0.2, 0.25) is 5.02 Å². The predicted octanol–water partition coefficient (Wildman–Crippen LogP) is 2.42. The van der Waals surface area contributed by atoms with Crippen molar-refractivity contribution in [2.45, 2.75) is 18.7 Å². The number of nitrogens with one attached hydrogen (secondary N) is 2. The number of hydrogen-bond acceptors (Lipinski definition) is 4. The highest BCUT2D eigenvalue weighted by Crippen LogP contribution is 2.19. The number of halogens is 1. The van der Waals surface area contributed by atoms with Crippen molar-refractivity contribution in [2.75, 3.05) is 36.9 Å². The normalized spacial score (nSPS) is 12.2. The summed E-state index contributed by atoms with van der Waals surface area (Å²) in [5, 5.41) is 7.05. The van der Waals surface area contributed by atoms with Crippen LogP contribution < -0.4 is 10.6 Å². The zero-order chi connectivity index (χ0) is 17.1. The quantitative estimate of drug-likeness (QED) is 0.299. The second-order valence-corrected chi connectivity index (χ2v) is 8.80. The molecule has 0 aromatic heterocycles. The highest BCUT2D eigenvalue weighted by Gasteiger charge is 2.06. The molecule has 0 radical (unpaired) electrons. The van der Waals surface area contributed by atoms with E-state index in [1.807, 2.05) is 31.2 Å². The lowest BCUT2D eigenvalue weighted by Gasteiger charge is -2.11. The first-order chi connectivity index (χ1) is 11.0. The minimum atomic E-state index is -2.97. The molecule has 0 bridgehead atoms. The molecule has 0 unspecified atom stereocenters. The highest BCUT2D eigenvalue weighted by molar-refractivity contribution is 7.99. The standard InChI is InChI=1S/C15H24ClN3O2S2/c1-3-17-15(19-10-12-23(20,21)4-2)18-9-11-22-14-7-5-13(16)6-8-14/h5-8H,3-4,9-12H2,1-2H3,(H2,17,18,19). The minimum absolute atomic E-state index is 0.0829. The fourth-order valence-electron chi connectivity index (χ4n) is 1.65. The van der Waals surface area contributed by atoms with Gasteiger partial charge >= 0.3 is 0 Å². The molecule has 23 heavy (non-hydrogen) atoms. The van der Waals surface area contributed by atoms with Gasteiger partial charge in [-0.25, -0.2) is 8.42 Å². The number of hydrogen-bond donors (Lipinski definition) is 2. The highest BCUT2D eigenvalue weighted by atomic mass is 35.5. The molecule has 1 rings (SSSR count). The number of benzene rings is 1. The van der Waals surface area contributed by atoms with E-state index in [0.29, 0.717) is 5.96 Å². The van der Waals surface area contributed by atoms with Gasteiger partial charge in [0.15, 0.2) is 15.8 Å². The van der Waals surface area contributed by atoms with Gasteiger partial charge in [0.2, 0.25) is 0 Å². The van der Waals surface area contributed by atoms with E-state index in [9.17, 15) is 8.42 Å². The first kappa shape index (κ1) is 20.1. The molecule has 1 aromatic rings. The van der Waals surface area contributed by atoms with Crippen molar-refractivity contribution in [3.05, 3.63) is 29.3 Å². The molecule has 1 aromatic carbocycles. The minimum Gasteiger partial charge on any atom is -0.357 e. The van der Waals surface area contributed by atoms with Gasteiger partial charge in [-0.05, 0) is 31.2 Å². The molecule has 0 saturated carbocycles. The lowest BCUT2D eigenvalue weighted by molar-refractivity contribution is 0.597. The van der Waals surface area contributed by atoms with Crippen LogP contribution in [0, 0.1) is 0 Å². The lowest BCUT2D eigenvalue weighted by Crippen LogP contribution is -2.38. The molecule has 0 aliphatic heterocycles. The average Bonchev–Trinajstić information content (AvgIpc) is 2.53. The van der Waals surface area contributed by atoms with Crippen LogP contribution in [0.1, 0.15) is 13.8 Å². The predicted molar refractivity (Wildman–Crippen MR) is 100 cm³/mol. The summed E-state index contributed by atoms with van der Waals surface area (Å²) in [5.41, 5.74) is 0. The molecular formula is C15H24ClN3O2S2. The van der Waals surface area contributed by atoms with Gasteiger partial charge in [-0.3, -0.25) is 4.99 Å². The van der Waals surface area contributed by atoms with E-state index in [4.69, 9.17) is 11.6 Å². The largest absolute Gasteiger partial charge is 0.357 e. The Kier molecular flexibility index (Phi) is 9.43. The fraction of sp³-hybridized carbons (Fsp3) is 0.533. The van der Waals surface area contributed by atoms with Crippen molar-refractivity contribution in [3.63, 3.8) is 0 Å². The van der Waals surface area contributed by atoms with Crippen LogP contribution in [0.25, 0.3) is 0 Å². The molecule has 0 aliphatic carbocycles. The summed E-state index contributed by atoms with van der Waals surface area (Å²) in [6, 6.07) is 7.72. The molecule has 0 fully saturated rings. The van der Waals surface area contributed by atoms with E-state index in [0.717, 1.165) is 28.8 Å². The molecule has 2 N–H and O–H groups in total. The number of aliphatic imine (C=N–C) groups is 1. The van der Waals surface area contributed by atoms with E-state index in [1.165, 1.54) is 0 Å². The molecule has 0 spiro atoms. The van der Waals surface area contributed by atoms with Gasteiger partial charge < -0.3 is 10.6 Å². The Labute approximate surface area is 148 Å². The molecule has 8 heteroatoms. The maximum Gasteiger partial charge on any atom is 0.191 e. The summed E-state index contributed by atoms with van der Waals surface area (Å²) in [7, 11) is -2.97. The number of thioether (sulfide) groups is 1. The smallest absolute Gasteiger partial charge is 0.191 e. The summed E-state index contributed by atoms with van der Waals surface area (Å²) >= 11 is 7.57. The molecule has 0 atom stereocenters. The van der Waals surface area contributed by atoms with Crippen LogP contribution >= 0.6 is 23.4 Å². The van der Waals surface area contributed by atoms with Crippen LogP contribution in [0.5, 0.6) is 0 Å². The van der Waals surface area contributed by atoms with Crippen LogP contribution in [0.15, 0.2) is 34.2 Å². The summed E-state index contributed by atoms with van der Waals surface area (Å²) in [5.74, 6) is 1.76. The van der Waals surface area contributed by atoms with E-state index in [2.05, 4.69) is 15.6 Å². The Hall–Kier alpha value is -0.920. The monoisotopic (exact) mass is 377 g/mol. The third kappa shape index (κ3) is 9.07. The maximum absolute atomic E-state index is 11.5. The van der Waals surface area contributed by atoms with E-state index >= 15 is 0 Å². The SMILES string of the molecule is CCNC(=NCCS(=O)(=O)CC)NCCSc1ccc(Cl)cc1. The molecule has 0 saturated heterocycles. The van der Waals surface area contributed by atoms with Crippen molar-refractivity contribution in [1.29, 1.82) is 0 Å².